The zero-order valence-electron chi connectivity index (χ0n) is 14.6. The van der Waals surface area contributed by atoms with Gasteiger partial charge in [0.1, 0.15) is 5.92 Å². The summed E-state index contributed by atoms with van der Waals surface area (Å²) in [5.41, 5.74) is 3.40. The quantitative estimate of drug-likeness (QED) is 0.620. The number of nitrogens with one attached hydrogen (secondary N) is 2. The number of methoxy groups -OCH3 is 1. The maximum Gasteiger partial charge on any atom is 0.316 e. The van der Waals surface area contributed by atoms with Crippen LogP contribution >= 0.6 is 11.3 Å². The SMILES string of the molecule is COC(=O)[C@H]1C(=O)C2=C(C[C@H]1C)Nc1ccccc1N[C@@H]2c1cccs1. The van der Waals surface area contributed by atoms with Gasteiger partial charge in [0.15, 0.2) is 5.78 Å². The minimum atomic E-state index is -0.758. The van der Waals surface area contributed by atoms with Crippen molar-refractivity contribution >= 4 is 34.5 Å². The van der Waals surface area contributed by atoms with Gasteiger partial charge in [0, 0.05) is 16.1 Å². The van der Waals surface area contributed by atoms with Crippen LogP contribution in [-0.4, -0.2) is 18.9 Å². The number of hydrogen-bond acceptors (Lipinski definition) is 6. The summed E-state index contributed by atoms with van der Waals surface area (Å²) in [4.78, 5) is 26.6. The highest BCUT2D eigenvalue weighted by Gasteiger charge is 2.44. The van der Waals surface area contributed by atoms with Gasteiger partial charge >= 0.3 is 5.97 Å². The first-order chi connectivity index (χ1) is 12.6. The van der Waals surface area contributed by atoms with Crippen molar-refractivity contribution in [3.8, 4) is 0 Å². The lowest BCUT2D eigenvalue weighted by Gasteiger charge is -2.32. The van der Waals surface area contributed by atoms with E-state index < -0.39 is 11.9 Å². The van der Waals surface area contributed by atoms with Crippen LogP contribution in [0.2, 0.25) is 0 Å². The number of esters is 1. The zero-order valence-corrected chi connectivity index (χ0v) is 15.4. The number of allylic oxidation sites excluding steroid dienone is 1. The van der Waals surface area contributed by atoms with Gasteiger partial charge in [0.05, 0.1) is 24.5 Å². The van der Waals surface area contributed by atoms with Crippen LogP contribution in [0.5, 0.6) is 0 Å². The molecule has 1 aromatic carbocycles. The average molecular weight is 368 g/mol. The third kappa shape index (κ3) is 2.70. The summed E-state index contributed by atoms with van der Waals surface area (Å²) in [5.74, 6) is -1.49. The molecule has 0 fully saturated rings. The minimum Gasteiger partial charge on any atom is -0.468 e. The number of para-hydroxylation sites is 2. The lowest BCUT2D eigenvalue weighted by molar-refractivity contribution is -0.151. The maximum absolute atomic E-state index is 13.3. The van der Waals surface area contributed by atoms with E-state index in [1.807, 2.05) is 48.7 Å². The Labute approximate surface area is 156 Å². The van der Waals surface area contributed by atoms with Crippen molar-refractivity contribution < 1.29 is 14.3 Å². The average Bonchev–Trinajstić information content (AvgIpc) is 3.10. The van der Waals surface area contributed by atoms with Crippen molar-refractivity contribution in [1.29, 1.82) is 0 Å². The summed E-state index contributed by atoms with van der Waals surface area (Å²) < 4.78 is 4.91. The van der Waals surface area contributed by atoms with E-state index in [4.69, 9.17) is 4.74 Å². The van der Waals surface area contributed by atoms with E-state index in [0.29, 0.717) is 12.0 Å². The number of carbonyl (C=O) groups excluding carboxylic acids is 2. The summed E-state index contributed by atoms with van der Waals surface area (Å²) in [5, 5.41) is 8.94. The first-order valence-electron chi connectivity index (χ1n) is 8.61. The third-order valence-corrected chi connectivity index (χ3v) is 5.99. The summed E-state index contributed by atoms with van der Waals surface area (Å²) in [6.45, 7) is 1.93. The molecule has 3 atom stereocenters. The Bertz CT molecular complexity index is 888. The van der Waals surface area contributed by atoms with Crippen molar-refractivity contribution in [2.75, 3.05) is 17.7 Å². The molecule has 2 aromatic rings. The minimum absolute atomic E-state index is 0.115. The Hall–Kier alpha value is -2.60. The highest BCUT2D eigenvalue weighted by molar-refractivity contribution is 7.10. The van der Waals surface area contributed by atoms with Gasteiger partial charge in [0.25, 0.3) is 0 Å². The molecule has 134 valence electrons. The summed E-state index contributed by atoms with van der Waals surface area (Å²) in [7, 11) is 1.34. The molecule has 4 rings (SSSR count). The molecule has 0 saturated heterocycles. The topological polar surface area (TPSA) is 67.4 Å². The maximum atomic E-state index is 13.3. The monoisotopic (exact) mass is 368 g/mol. The fourth-order valence-corrected chi connectivity index (χ4v) is 4.59. The lowest BCUT2D eigenvalue weighted by atomic mass is 9.75. The number of carbonyl (C=O) groups is 2. The van der Waals surface area contributed by atoms with Gasteiger partial charge in [-0.1, -0.05) is 25.1 Å². The van der Waals surface area contributed by atoms with Crippen molar-refractivity contribution in [2.24, 2.45) is 11.8 Å². The Morgan fingerprint density at radius 3 is 2.65 bits per heavy atom. The van der Waals surface area contributed by atoms with E-state index in [0.717, 1.165) is 21.9 Å². The zero-order chi connectivity index (χ0) is 18.3. The van der Waals surface area contributed by atoms with Crippen molar-refractivity contribution in [1.82, 2.24) is 0 Å². The predicted molar refractivity (Wildman–Crippen MR) is 102 cm³/mol. The largest absolute Gasteiger partial charge is 0.468 e. The fourth-order valence-electron chi connectivity index (χ4n) is 3.80. The first kappa shape index (κ1) is 16.8. The van der Waals surface area contributed by atoms with Crippen molar-refractivity contribution in [2.45, 2.75) is 19.4 Å². The molecule has 6 heteroatoms. The predicted octanol–water partition coefficient (Wildman–Crippen LogP) is 3.98. The molecule has 2 N–H and O–H groups in total. The molecule has 1 aromatic heterocycles. The van der Waals surface area contributed by atoms with Crippen LogP contribution in [0.4, 0.5) is 11.4 Å². The molecule has 0 unspecified atom stereocenters. The Kier molecular flexibility index (Phi) is 4.28. The number of hydrogen-bond donors (Lipinski definition) is 2. The summed E-state index contributed by atoms with van der Waals surface area (Å²) in [6, 6.07) is 11.6. The Morgan fingerprint density at radius 2 is 1.96 bits per heavy atom. The van der Waals surface area contributed by atoms with Gasteiger partial charge in [-0.05, 0) is 35.9 Å². The molecule has 0 saturated carbocycles. The number of rotatable bonds is 2. The second-order valence-electron chi connectivity index (χ2n) is 6.70. The van der Waals surface area contributed by atoms with Crippen LogP contribution in [0, 0.1) is 11.8 Å². The van der Waals surface area contributed by atoms with Gasteiger partial charge in [-0.15, -0.1) is 11.3 Å². The van der Waals surface area contributed by atoms with E-state index >= 15 is 0 Å². The molecule has 2 aliphatic rings. The highest BCUT2D eigenvalue weighted by atomic mass is 32.1. The number of anilines is 2. The first-order valence-corrected chi connectivity index (χ1v) is 9.49. The van der Waals surface area contributed by atoms with E-state index in [2.05, 4.69) is 10.6 Å². The molecule has 26 heavy (non-hydrogen) atoms. The molecule has 2 heterocycles. The molecular formula is C20H20N2O3S. The molecule has 0 amide bonds. The summed E-state index contributed by atoms with van der Waals surface area (Å²) in [6.07, 6.45) is 0.624. The molecule has 0 radical (unpaired) electrons. The second-order valence-corrected chi connectivity index (χ2v) is 7.68. The van der Waals surface area contributed by atoms with Crippen LogP contribution < -0.4 is 10.6 Å². The molecule has 0 bridgehead atoms. The number of ether oxygens (including phenoxy) is 1. The number of ketones is 1. The van der Waals surface area contributed by atoms with E-state index in [1.54, 1.807) is 11.3 Å². The standard InChI is InChI=1S/C20H20N2O3S/c1-11-10-14-17(19(23)16(11)20(24)25-2)18(15-8-5-9-26-15)22-13-7-4-3-6-12(13)21-14/h3-9,11,16,18,21-22H,10H2,1-2H3/t11-,16-,18-/m1/s1. The van der Waals surface area contributed by atoms with Gasteiger partial charge < -0.3 is 15.4 Å². The van der Waals surface area contributed by atoms with E-state index in [-0.39, 0.29) is 17.7 Å². The van der Waals surface area contributed by atoms with Gasteiger partial charge in [0.2, 0.25) is 0 Å². The second kappa shape index (κ2) is 6.61. The van der Waals surface area contributed by atoms with Crippen LogP contribution in [0.3, 0.4) is 0 Å². The van der Waals surface area contributed by atoms with Gasteiger partial charge in [-0.2, -0.15) is 0 Å². The normalized spacial score (nSPS) is 24.7. The molecule has 1 aliphatic carbocycles. The Balaban J connectivity index is 1.86. The van der Waals surface area contributed by atoms with Crippen LogP contribution in [0.15, 0.2) is 53.0 Å². The molecule has 1 aliphatic heterocycles. The third-order valence-electron chi connectivity index (χ3n) is 5.05. The van der Waals surface area contributed by atoms with Crippen molar-refractivity contribution in [3.05, 3.63) is 57.9 Å². The fraction of sp³-hybridized carbons (Fsp3) is 0.300. The molecule has 5 nitrogen and oxygen atoms in total. The molecule has 0 spiro atoms. The van der Waals surface area contributed by atoms with E-state index in [1.165, 1.54) is 7.11 Å². The van der Waals surface area contributed by atoms with Crippen molar-refractivity contribution in [3.63, 3.8) is 0 Å². The lowest BCUT2D eigenvalue weighted by Crippen LogP contribution is -2.39. The number of Topliss-reactive ketones (excluding diaryl/α,β-unsaturated/α-hetero) is 1. The van der Waals surface area contributed by atoms with Crippen LogP contribution in [-0.2, 0) is 14.3 Å². The van der Waals surface area contributed by atoms with Gasteiger partial charge in [-0.25, -0.2) is 0 Å². The number of thiophene rings is 1. The van der Waals surface area contributed by atoms with Crippen LogP contribution in [0.1, 0.15) is 24.3 Å². The van der Waals surface area contributed by atoms with Crippen LogP contribution in [0.25, 0.3) is 0 Å². The Morgan fingerprint density at radius 1 is 1.19 bits per heavy atom. The number of benzene rings is 1. The smallest absolute Gasteiger partial charge is 0.316 e. The highest BCUT2D eigenvalue weighted by Crippen LogP contribution is 2.44. The molecular weight excluding hydrogens is 348 g/mol. The van der Waals surface area contributed by atoms with Gasteiger partial charge in [-0.3, -0.25) is 9.59 Å². The summed E-state index contributed by atoms with van der Waals surface area (Å²) >= 11 is 1.59. The van der Waals surface area contributed by atoms with E-state index in [9.17, 15) is 9.59 Å². The number of fused-ring (bicyclic) bond motifs is 1.